The molecular formula is C21H23FN6O. The number of hydrazine groups is 1. The van der Waals surface area contributed by atoms with Crippen LogP contribution in [-0.4, -0.2) is 50.5 Å². The van der Waals surface area contributed by atoms with E-state index < -0.39 is 0 Å². The van der Waals surface area contributed by atoms with Gasteiger partial charge in [0.05, 0.1) is 5.69 Å². The lowest BCUT2D eigenvalue weighted by molar-refractivity contribution is -0.234. The van der Waals surface area contributed by atoms with Crippen molar-refractivity contribution in [1.82, 2.24) is 25.1 Å². The number of pyridine rings is 1. The molecule has 0 bridgehead atoms. The van der Waals surface area contributed by atoms with Crippen LogP contribution in [0.2, 0.25) is 0 Å². The molecule has 1 saturated heterocycles. The van der Waals surface area contributed by atoms with Gasteiger partial charge < -0.3 is 5.32 Å². The lowest BCUT2D eigenvalue weighted by atomic mass is 9.98. The normalized spacial score (nSPS) is 17.4. The van der Waals surface area contributed by atoms with Crippen LogP contribution in [0.25, 0.3) is 11.3 Å². The maximum absolute atomic E-state index is 13.6. The molecule has 1 aliphatic heterocycles. The topological polar surface area (TPSA) is 77.4 Å². The number of halogens is 1. The smallest absolute Gasteiger partial charge is 0.135 e. The van der Waals surface area contributed by atoms with E-state index in [1.165, 1.54) is 12.1 Å². The summed E-state index contributed by atoms with van der Waals surface area (Å²) in [5, 5.41) is 16.0. The van der Waals surface area contributed by atoms with Gasteiger partial charge >= 0.3 is 0 Å². The number of nitrogens with one attached hydrogen (secondary N) is 1. The summed E-state index contributed by atoms with van der Waals surface area (Å²) in [5.41, 5.74) is 2.24. The minimum atomic E-state index is -0.314. The zero-order valence-electron chi connectivity index (χ0n) is 16.2. The van der Waals surface area contributed by atoms with Gasteiger partial charge in [-0.2, -0.15) is 0 Å². The van der Waals surface area contributed by atoms with Crippen LogP contribution >= 0.6 is 0 Å². The lowest BCUT2D eigenvalue weighted by Crippen LogP contribution is -2.44. The van der Waals surface area contributed by atoms with E-state index in [-0.39, 0.29) is 11.7 Å². The third-order valence-electron chi connectivity index (χ3n) is 4.97. The van der Waals surface area contributed by atoms with Gasteiger partial charge in [-0.25, -0.2) is 19.4 Å². The van der Waals surface area contributed by atoms with Gasteiger partial charge in [-0.1, -0.05) is 6.07 Å². The van der Waals surface area contributed by atoms with E-state index in [2.05, 4.69) is 10.3 Å². The summed E-state index contributed by atoms with van der Waals surface area (Å²) in [6, 6.07) is 11.9. The second kappa shape index (κ2) is 8.60. The number of hydrogen-bond acceptors (Lipinski definition) is 7. The van der Waals surface area contributed by atoms with Gasteiger partial charge in [0.15, 0.2) is 0 Å². The third-order valence-corrected chi connectivity index (χ3v) is 4.97. The van der Waals surface area contributed by atoms with Gasteiger partial charge in [-0.3, -0.25) is 10.2 Å². The monoisotopic (exact) mass is 394 g/mol. The van der Waals surface area contributed by atoms with Crippen LogP contribution in [0.5, 0.6) is 0 Å². The Morgan fingerprint density at radius 1 is 1.21 bits per heavy atom. The lowest BCUT2D eigenvalue weighted by Gasteiger charge is -2.34. The Bertz CT molecular complexity index is 968. The van der Waals surface area contributed by atoms with Crippen molar-refractivity contribution in [3.8, 4) is 11.3 Å². The molecule has 4 rings (SSSR count). The molecule has 0 amide bonds. The van der Waals surface area contributed by atoms with E-state index >= 15 is 0 Å². The summed E-state index contributed by atoms with van der Waals surface area (Å²) in [6.07, 6.45) is 5.34. The van der Waals surface area contributed by atoms with Crippen molar-refractivity contribution in [2.45, 2.75) is 18.8 Å². The molecule has 0 aliphatic carbocycles. The van der Waals surface area contributed by atoms with Crippen molar-refractivity contribution in [1.29, 1.82) is 0 Å². The molecule has 150 valence electrons. The average Bonchev–Trinajstić information content (AvgIpc) is 2.74. The standard InChI is InChI=1S/C21H23FN6O/c1-27(29)28-10-4-6-16(14-28)21-25-19(15-5-3-9-23-13-15)12-20(26-21)24-18-8-2-7-17(22)11-18/h2-3,5,7-9,11-13,16,29H,4,6,10,14H2,1H3,(H,24,25,26). The second-order valence-corrected chi connectivity index (χ2v) is 7.11. The quantitative estimate of drug-likeness (QED) is 0.637. The molecule has 7 nitrogen and oxygen atoms in total. The van der Waals surface area contributed by atoms with Crippen LogP contribution in [-0.2, 0) is 0 Å². The Labute approximate surface area is 168 Å². The maximum Gasteiger partial charge on any atom is 0.135 e. The minimum absolute atomic E-state index is 0.0723. The minimum Gasteiger partial charge on any atom is -0.340 e. The number of piperidine rings is 1. The molecule has 3 aromatic rings. The number of hydrogen-bond donors (Lipinski definition) is 2. The molecule has 1 atom stereocenters. The third kappa shape index (κ3) is 4.73. The molecule has 3 heterocycles. The first-order chi connectivity index (χ1) is 14.1. The Morgan fingerprint density at radius 2 is 2.10 bits per heavy atom. The van der Waals surface area contributed by atoms with Crippen molar-refractivity contribution in [3.05, 3.63) is 66.5 Å². The molecular weight excluding hydrogens is 371 g/mol. The summed E-state index contributed by atoms with van der Waals surface area (Å²) in [7, 11) is 1.62. The van der Waals surface area contributed by atoms with Crippen LogP contribution in [0, 0.1) is 5.82 Å². The Morgan fingerprint density at radius 3 is 2.86 bits per heavy atom. The molecule has 29 heavy (non-hydrogen) atoms. The van der Waals surface area contributed by atoms with Crippen LogP contribution in [0.4, 0.5) is 15.9 Å². The second-order valence-electron chi connectivity index (χ2n) is 7.11. The summed E-state index contributed by atoms with van der Waals surface area (Å²) >= 11 is 0. The number of rotatable bonds is 5. The zero-order chi connectivity index (χ0) is 20.2. The van der Waals surface area contributed by atoms with Crippen LogP contribution in [0.1, 0.15) is 24.6 Å². The van der Waals surface area contributed by atoms with E-state index in [9.17, 15) is 9.60 Å². The SMILES string of the molecule is CN(O)N1CCCC(c2nc(Nc3cccc(F)c3)cc(-c3cccnc3)n2)C1. The highest BCUT2D eigenvalue weighted by atomic mass is 19.1. The fourth-order valence-electron chi connectivity index (χ4n) is 3.52. The maximum atomic E-state index is 13.6. The average molecular weight is 394 g/mol. The van der Waals surface area contributed by atoms with Gasteiger partial charge in [0.1, 0.15) is 17.5 Å². The van der Waals surface area contributed by atoms with Gasteiger partial charge in [0.25, 0.3) is 0 Å². The summed E-state index contributed by atoms with van der Waals surface area (Å²) in [4.78, 5) is 13.7. The number of anilines is 2. The van der Waals surface area contributed by atoms with E-state index in [1.54, 1.807) is 31.6 Å². The highest BCUT2D eigenvalue weighted by molar-refractivity contribution is 5.65. The van der Waals surface area contributed by atoms with Crippen molar-refractivity contribution >= 4 is 11.5 Å². The molecule has 8 heteroatoms. The first kappa shape index (κ1) is 19.4. The summed E-state index contributed by atoms with van der Waals surface area (Å²) in [6.45, 7) is 1.42. The number of hydroxylamine groups is 1. The van der Waals surface area contributed by atoms with Crippen LogP contribution < -0.4 is 5.32 Å². The molecule has 1 unspecified atom stereocenters. The summed E-state index contributed by atoms with van der Waals surface area (Å²) in [5.74, 6) is 1.04. The highest BCUT2D eigenvalue weighted by Crippen LogP contribution is 2.29. The van der Waals surface area contributed by atoms with Crippen molar-refractivity contribution in [2.24, 2.45) is 0 Å². The fraction of sp³-hybridized carbons (Fsp3) is 0.286. The molecule has 1 aliphatic rings. The van der Waals surface area contributed by atoms with Crippen LogP contribution in [0.3, 0.4) is 0 Å². The predicted molar refractivity (Wildman–Crippen MR) is 108 cm³/mol. The van der Waals surface area contributed by atoms with Crippen molar-refractivity contribution in [2.75, 3.05) is 25.5 Å². The highest BCUT2D eigenvalue weighted by Gasteiger charge is 2.26. The van der Waals surface area contributed by atoms with E-state index in [1.807, 2.05) is 23.2 Å². The number of aromatic nitrogens is 3. The van der Waals surface area contributed by atoms with Crippen LogP contribution in [0.15, 0.2) is 54.9 Å². The molecule has 0 radical (unpaired) electrons. The number of benzene rings is 1. The molecule has 1 fully saturated rings. The number of nitrogens with zero attached hydrogens (tertiary/aromatic N) is 5. The first-order valence-electron chi connectivity index (χ1n) is 9.58. The Kier molecular flexibility index (Phi) is 5.75. The van der Waals surface area contributed by atoms with E-state index in [0.29, 0.717) is 23.9 Å². The van der Waals surface area contributed by atoms with Crippen molar-refractivity contribution in [3.63, 3.8) is 0 Å². The van der Waals surface area contributed by atoms with Gasteiger partial charge in [-0.05, 0) is 43.2 Å². The van der Waals surface area contributed by atoms with Gasteiger partial charge in [0.2, 0.25) is 0 Å². The van der Waals surface area contributed by atoms with Gasteiger partial charge in [-0.15, -0.1) is 5.17 Å². The zero-order valence-corrected chi connectivity index (χ0v) is 16.2. The predicted octanol–water partition coefficient (Wildman–Crippen LogP) is 3.84. The molecule has 2 N–H and O–H groups in total. The van der Waals surface area contributed by atoms with E-state index in [4.69, 9.17) is 9.97 Å². The fourth-order valence-corrected chi connectivity index (χ4v) is 3.52. The summed E-state index contributed by atoms with van der Waals surface area (Å²) < 4.78 is 13.6. The molecule has 0 spiro atoms. The molecule has 2 aromatic heterocycles. The van der Waals surface area contributed by atoms with Crippen molar-refractivity contribution < 1.29 is 9.60 Å². The Balaban J connectivity index is 1.70. The Hall–Kier alpha value is -2.94. The van der Waals surface area contributed by atoms with Gasteiger partial charge in [0, 0.05) is 55.8 Å². The first-order valence-corrected chi connectivity index (χ1v) is 9.58. The largest absolute Gasteiger partial charge is 0.340 e. The molecule has 1 aromatic carbocycles. The van der Waals surface area contributed by atoms with E-state index in [0.717, 1.165) is 35.8 Å². The molecule has 0 saturated carbocycles.